The Kier molecular flexibility index (Phi) is 8.25. The number of hydrogen-bond acceptors (Lipinski definition) is 3. The normalized spacial score (nSPS) is 11.0. The Hall–Kier alpha value is -2.90. The van der Waals surface area contributed by atoms with Crippen LogP contribution in [-0.4, -0.2) is 7.11 Å². The van der Waals surface area contributed by atoms with E-state index >= 15 is 0 Å². The maximum atomic E-state index is 9.70. The van der Waals surface area contributed by atoms with E-state index in [2.05, 4.69) is 12.6 Å². The van der Waals surface area contributed by atoms with Crippen LogP contribution in [0.1, 0.15) is 22.3 Å². The van der Waals surface area contributed by atoms with E-state index in [9.17, 15) is 5.26 Å². The molecule has 0 N–H and O–H groups in total. The molecule has 0 radical (unpaired) electrons. The number of hydrogen-bond donors (Lipinski definition) is 0. The number of nitrogens with zero attached hydrogens (tertiary/aromatic N) is 1. The van der Waals surface area contributed by atoms with E-state index in [1.165, 1.54) is 0 Å². The number of nitriles is 1. The maximum Gasteiger partial charge on any atom is 0.165 e. The fraction of sp³-hybridized carbons (Fsp3) is 0.115. The molecular formula is C26H20Cl3NO2. The van der Waals surface area contributed by atoms with Gasteiger partial charge in [0.15, 0.2) is 11.5 Å². The number of rotatable bonds is 8. The van der Waals surface area contributed by atoms with Gasteiger partial charge in [-0.2, -0.15) is 5.26 Å². The molecule has 0 heterocycles. The van der Waals surface area contributed by atoms with Gasteiger partial charge in [-0.1, -0.05) is 65.1 Å². The molecule has 0 saturated carbocycles. The summed E-state index contributed by atoms with van der Waals surface area (Å²) >= 11 is 18.4. The molecule has 162 valence electrons. The van der Waals surface area contributed by atoms with Crippen LogP contribution < -0.4 is 9.47 Å². The maximum absolute atomic E-state index is 9.70. The molecule has 3 aromatic carbocycles. The monoisotopic (exact) mass is 483 g/mol. The summed E-state index contributed by atoms with van der Waals surface area (Å²) in [7, 11) is 1.58. The predicted octanol–water partition coefficient (Wildman–Crippen LogP) is 8.03. The average molecular weight is 485 g/mol. The van der Waals surface area contributed by atoms with Crippen molar-refractivity contribution in [2.45, 2.75) is 13.0 Å². The van der Waals surface area contributed by atoms with Crippen LogP contribution in [0.15, 0.2) is 67.3 Å². The number of halogens is 3. The molecule has 0 bridgehead atoms. The third-order valence-corrected chi connectivity index (χ3v) is 5.77. The van der Waals surface area contributed by atoms with Crippen molar-refractivity contribution in [2.24, 2.45) is 0 Å². The molecule has 0 saturated heterocycles. The minimum atomic E-state index is 0.287. The van der Waals surface area contributed by atoms with Gasteiger partial charge in [0.1, 0.15) is 6.61 Å². The summed E-state index contributed by atoms with van der Waals surface area (Å²) in [5.74, 6) is 1.15. The third-order valence-electron chi connectivity index (χ3n) is 4.70. The third kappa shape index (κ3) is 5.66. The Morgan fingerprint density at radius 2 is 1.81 bits per heavy atom. The summed E-state index contributed by atoms with van der Waals surface area (Å²) in [6.07, 6.45) is 4.12. The Labute approximate surface area is 203 Å². The van der Waals surface area contributed by atoms with Gasteiger partial charge >= 0.3 is 0 Å². The zero-order chi connectivity index (χ0) is 23.1. The van der Waals surface area contributed by atoms with E-state index in [0.717, 1.165) is 16.7 Å². The fourth-order valence-electron chi connectivity index (χ4n) is 3.19. The van der Waals surface area contributed by atoms with Crippen LogP contribution in [0.2, 0.25) is 15.1 Å². The quantitative estimate of drug-likeness (QED) is 0.185. The van der Waals surface area contributed by atoms with Gasteiger partial charge in [0.05, 0.1) is 28.8 Å². The Morgan fingerprint density at radius 3 is 2.47 bits per heavy atom. The molecule has 0 aliphatic heterocycles. The summed E-state index contributed by atoms with van der Waals surface area (Å²) in [6.45, 7) is 4.13. The molecule has 6 heteroatoms. The molecular weight excluding hydrogens is 465 g/mol. The molecule has 0 spiro atoms. The highest BCUT2D eigenvalue weighted by molar-refractivity contribution is 6.42. The van der Waals surface area contributed by atoms with Crippen molar-refractivity contribution in [2.75, 3.05) is 7.11 Å². The van der Waals surface area contributed by atoms with Crippen LogP contribution >= 0.6 is 34.8 Å². The summed E-state index contributed by atoms with van der Waals surface area (Å²) in [5, 5.41) is 11.2. The smallest absolute Gasteiger partial charge is 0.165 e. The van der Waals surface area contributed by atoms with E-state index in [0.29, 0.717) is 44.1 Å². The highest BCUT2D eigenvalue weighted by Crippen LogP contribution is 2.36. The topological polar surface area (TPSA) is 42.2 Å². The molecule has 0 unspecified atom stereocenters. The van der Waals surface area contributed by atoms with Crippen LogP contribution in [0.3, 0.4) is 0 Å². The second kappa shape index (κ2) is 11.1. The van der Waals surface area contributed by atoms with E-state index in [-0.39, 0.29) is 6.61 Å². The molecule has 0 fully saturated rings. The van der Waals surface area contributed by atoms with E-state index in [1.807, 2.05) is 36.4 Å². The summed E-state index contributed by atoms with van der Waals surface area (Å²) in [6, 6.07) is 18.6. The molecule has 0 aromatic heterocycles. The van der Waals surface area contributed by atoms with Crippen molar-refractivity contribution in [1.29, 1.82) is 5.26 Å². The van der Waals surface area contributed by atoms with Crippen molar-refractivity contribution in [3.05, 3.63) is 105 Å². The number of allylic oxidation sites excluding steroid dienone is 2. The lowest BCUT2D eigenvalue weighted by Crippen LogP contribution is -2.02. The number of methoxy groups -OCH3 is 1. The van der Waals surface area contributed by atoms with Gasteiger partial charge in [-0.3, -0.25) is 0 Å². The second-order valence-corrected chi connectivity index (χ2v) is 8.11. The zero-order valence-corrected chi connectivity index (χ0v) is 19.6. The molecule has 32 heavy (non-hydrogen) atoms. The highest BCUT2D eigenvalue weighted by atomic mass is 35.5. The van der Waals surface area contributed by atoms with Gasteiger partial charge in [0, 0.05) is 16.1 Å². The van der Waals surface area contributed by atoms with Crippen molar-refractivity contribution in [3.8, 4) is 17.6 Å². The lowest BCUT2D eigenvalue weighted by atomic mass is 10.0. The van der Waals surface area contributed by atoms with Crippen molar-refractivity contribution < 1.29 is 9.47 Å². The van der Waals surface area contributed by atoms with Crippen LogP contribution in [0, 0.1) is 11.3 Å². The van der Waals surface area contributed by atoms with Crippen LogP contribution in [-0.2, 0) is 13.0 Å². The van der Waals surface area contributed by atoms with Crippen molar-refractivity contribution in [1.82, 2.24) is 0 Å². The SMILES string of the molecule is C=CCc1cc(C=C(C#N)c2ccccc2Cl)cc(OC)c1OCc1ccc(Cl)c(Cl)c1. The minimum absolute atomic E-state index is 0.287. The van der Waals surface area contributed by atoms with Crippen LogP contribution in [0.5, 0.6) is 11.5 Å². The van der Waals surface area contributed by atoms with Crippen LogP contribution in [0.4, 0.5) is 0 Å². The predicted molar refractivity (Wildman–Crippen MR) is 133 cm³/mol. The van der Waals surface area contributed by atoms with Crippen molar-refractivity contribution >= 4 is 46.5 Å². The molecule has 0 aliphatic rings. The first kappa shape index (κ1) is 23.8. The first-order valence-electron chi connectivity index (χ1n) is 9.72. The summed E-state index contributed by atoms with van der Waals surface area (Å²) in [4.78, 5) is 0. The summed E-state index contributed by atoms with van der Waals surface area (Å²) < 4.78 is 11.7. The lowest BCUT2D eigenvalue weighted by Gasteiger charge is -2.16. The Balaban J connectivity index is 1.99. The molecule has 3 rings (SSSR count). The second-order valence-electron chi connectivity index (χ2n) is 6.89. The van der Waals surface area contributed by atoms with Gasteiger partial charge in [0.25, 0.3) is 0 Å². The van der Waals surface area contributed by atoms with Gasteiger partial charge in [-0.25, -0.2) is 0 Å². The molecule has 3 aromatic rings. The van der Waals surface area contributed by atoms with E-state index in [4.69, 9.17) is 44.3 Å². The first-order chi connectivity index (χ1) is 15.5. The highest BCUT2D eigenvalue weighted by Gasteiger charge is 2.14. The fourth-order valence-corrected chi connectivity index (χ4v) is 3.75. The van der Waals surface area contributed by atoms with Gasteiger partial charge in [-0.05, 0) is 54.0 Å². The largest absolute Gasteiger partial charge is 0.493 e. The number of ether oxygens (including phenoxy) is 2. The van der Waals surface area contributed by atoms with Gasteiger partial charge in [0.2, 0.25) is 0 Å². The first-order valence-corrected chi connectivity index (χ1v) is 10.9. The Bertz CT molecular complexity index is 1210. The van der Waals surface area contributed by atoms with E-state index < -0.39 is 0 Å². The average Bonchev–Trinajstić information content (AvgIpc) is 2.79. The standard InChI is InChI=1S/C26H20Cl3NO2/c1-3-6-19-11-18(12-20(15-30)21-7-4-5-8-22(21)27)14-25(31-2)26(19)32-16-17-9-10-23(28)24(29)13-17/h3-5,7-14H,1,6,16H2,2H3. The van der Waals surface area contributed by atoms with E-state index in [1.54, 1.807) is 37.5 Å². The van der Waals surface area contributed by atoms with Gasteiger partial charge < -0.3 is 9.47 Å². The lowest BCUT2D eigenvalue weighted by molar-refractivity contribution is 0.282. The zero-order valence-electron chi connectivity index (χ0n) is 17.4. The molecule has 0 atom stereocenters. The molecule has 3 nitrogen and oxygen atoms in total. The van der Waals surface area contributed by atoms with Crippen molar-refractivity contribution in [3.63, 3.8) is 0 Å². The van der Waals surface area contributed by atoms with Gasteiger partial charge in [-0.15, -0.1) is 6.58 Å². The van der Waals surface area contributed by atoms with Crippen LogP contribution in [0.25, 0.3) is 11.6 Å². The number of benzene rings is 3. The minimum Gasteiger partial charge on any atom is -0.493 e. The Morgan fingerprint density at radius 1 is 1.03 bits per heavy atom. The summed E-state index contributed by atoms with van der Waals surface area (Å²) in [5.41, 5.74) is 3.66. The molecule has 0 aliphatic carbocycles. The molecule has 0 amide bonds.